The highest BCUT2D eigenvalue weighted by atomic mass is 16.6. The van der Waals surface area contributed by atoms with Gasteiger partial charge in [-0.05, 0) is 13.8 Å². The minimum Gasteiger partial charge on any atom is -0.399 e. The van der Waals surface area contributed by atoms with Gasteiger partial charge in [-0.2, -0.15) is 0 Å². The number of imide groups is 1. The monoisotopic (exact) mass is 187 g/mol. The lowest BCUT2D eigenvalue weighted by Crippen LogP contribution is -2.41. The molecule has 6 nitrogen and oxygen atoms in total. The van der Waals surface area contributed by atoms with Gasteiger partial charge in [-0.1, -0.05) is 5.16 Å². The predicted octanol–water partition coefficient (Wildman–Crippen LogP) is -0.146. The maximum absolute atomic E-state index is 11.0. The molecule has 0 rings (SSSR count). The Balaban J connectivity index is 4.00. The molecule has 0 aromatic rings. The fraction of sp³-hybridized carbons (Fsp3) is 0.571. The summed E-state index contributed by atoms with van der Waals surface area (Å²) in [7, 11) is 1.32. The predicted molar refractivity (Wildman–Crippen MR) is 47.3 cm³/mol. The summed E-state index contributed by atoms with van der Waals surface area (Å²) in [6, 6.07) is -0.543. The van der Waals surface area contributed by atoms with Crippen LogP contribution < -0.4 is 10.6 Å². The van der Waals surface area contributed by atoms with Crippen LogP contribution in [0.15, 0.2) is 5.16 Å². The number of oxime groups is 1. The number of urea groups is 1. The van der Waals surface area contributed by atoms with E-state index >= 15 is 0 Å². The van der Waals surface area contributed by atoms with Crippen LogP contribution in [0.2, 0.25) is 0 Å². The molecule has 0 aromatic heterocycles. The maximum atomic E-state index is 11.0. The first kappa shape index (κ1) is 11.4. The van der Waals surface area contributed by atoms with E-state index in [4.69, 9.17) is 0 Å². The number of rotatable bonds is 3. The minimum absolute atomic E-state index is 0.0914. The maximum Gasteiger partial charge on any atom is 0.321 e. The van der Waals surface area contributed by atoms with Crippen molar-refractivity contribution in [3.05, 3.63) is 0 Å². The highest BCUT2D eigenvalue weighted by molar-refractivity contribution is 6.40. The number of nitrogens with one attached hydrogen (secondary N) is 2. The third kappa shape index (κ3) is 4.78. The summed E-state index contributed by atoms with van der Waals surface area (Å²) in [6.45, 7) is 3.65. The van der Waals surface area contributed by atoms with Crippen LogP contribution in [0, 0.1) is 0 Å². The van der Waals surface area contributed by atoms with Crippen molar-refractivity contribution in [3.8, 4) is 0 Å². The van der Waals surface area contributed by atoms with Crippen molar-refractivity contribution in [2.24, 2.45) is 5.16 Å². The van der Waals surface area contributed by atoms with Crippen LogP contribution in [0.25, 0.3) is 0 Å². The average Bonchev–Trinajstić information content (AvgIpc) is 2.05. The van der Waals surface area contributed by atoms with E-state index in [0.29, 0.717) is 6.54 Å². The lowest BCUT2D eigenvalue weighted by molar-refractivity contribution is -0.114. The molecule has 0 bridgehead atoms. The first-order valence-electron chi connectivity index (χ1n) is 3.78. The molecule has 0 spiro atoms. The summed E-state index contributed by atoms with van der Waals surface area (Å²) in [5.41, 5.74) is 0.0914. The van der Waals surface area contributed by atoms with E-state index in [-0.39, 0.29) is 5.71 Å². The number of hydrogen-bond acceptors (Lipinski definition) is 4. The molecule has 0 atom stereocenters. The fourth-order valence-electron chi connectivity index (χ4n) is 0.577. The van der Waals surface area contributed by atoms with Crippen LogP contribution >= 0.6 is 0 Å². The summed E-state index contributed by atoms with van der Waals surface area (Å²) in [5, 5.41) is 7.83. The molecule has 0 fully saturated rings. The molecule has 6 heteroatoms. The van der Waals surface area contributed by atoms with Crippen molar-refractivity contribution < 1.29 is 14.4 Å². The van der Waals surface area contributed by atoms with E-state index in [1.807, 2.05) is 0 Å². The Labute approximate surface area is 76.3 Å². The first-order valence-corrected chi connectivity index (χ1v) is 3.78. The van der Waals surface area contributed by atoms with E-state index in [9.17, 15) is 9.59 Å². The van der Waals surface area contributed by atoms with Gasteiger partial charge in [-0.25, -0.2) is 4.79 Å². The number of nitrogens with zero attached hydrogens (tertiary/aromatic N) is 1. The molecule has 13 heavy (non-hydrogen) atoms. The molecule has 0 heterocycles. The number of carbonyl (C=O) groups excluding carboxylic acids is 2. The molecule has 0 radical (unpaired) electrons. The van der Waals surface area contributed by atoms with Crippen LogP contribution in [0.3, 0.4) is 0 Å². The second-order valence-electron chi connectivity index (χ2n) is 2.17. The van der Waals surface area contributed by atoms with E-state index in [1.54, 1.807) is 6.92 Å². The normalized spacial score (nSPS) is 10.5. The van der Waals surface area contributed by atoms with Crippen molar-refractivity contribution in [1.29, 1.82) is 0 Å². The topological polar surface area (TPSA) is 79.8 Å². The Bertz CT molecular complexity index is 225. The van der Waals surface area contributed by atoms with Gasteiger partial charge in [-0.15, -0.1) is 0 Å². The summed E-state index contributed by atoms with van der Waals surface area (Å²) >= 11 is 0. The first-order chi connectivity index (χ1) is 6.11. The Hall–Kier alpha value is -1.59. The zero-order valence-electron chi connectivity index (χ0n) is 7.88. The van der Waals surface area contributed by atoms with Crippen LogP contribution in [-0.4, -0.2) is 31.3 Å². The highest BCUT2D eigenvalue weighted by Gasteiger charge is 2.09. The van der Waals surface area contributed by atoms with E-state index in [0.717, 1.165) is 0 Å². The lowest BCUT2D eigenvalue weighted by atomic mass is 10.4. The average molecular weight is 187 g/mol. The van der Waals surface area contributed by atoms with Crippen molar-refractivity contribution >= 4 is 17.6 Å². The standard InChI is InChI=1S/C7H13N3O3/c1-4-8-7(12)9-6(11)5(2)10-13-3/h4H2,1-3H3,(H2,8,9,11,12)/b10-5+. The van der Waals surface area contributed by atoms with Crippen molar-refractivity contribution in [1.82, 2.24) is 10.6 Å². The number of carbonyl (C=O) groups is 2. The quantitative estimate of drug-likeness (QED) is 0.476. The molecule has 74 valence electrons. The van der Waals surface area contributed by atoms with E-state index in [2.05, 4.69) is 20.6 Å². The molecular formula is C7H13N3O3. The van der Waals surface area contributed by atoms with Gasteiger partial charge in [0.05, 0.1) is 0 Å². The van der Waals surface area contributed by atoms with Gasteiger partial charge in [0, 0.05) is 6.54 Å². The van der Waals surface area contributed by atoms with Crippen LogP contribution in [0.1, 0.15) is 13.8 Å². The molecule has 0 aliphatic rings. The van der Waals surface area contributed by atoms with Gasteiger partial charge in [-0.3, -0.25) is 10.1 Å². The van der Waals surface area contributed by atoms with Crippen molar-refractivity contribution in [2.75, 3.05) is 13.7 Å². The summed E-state index contributed by atoms with van der Waals surface area (Å²) in [6.07, 6.45) is 0. The number of amides is 3. The van der Waals surface area contributed by atoms with Crippen molar-refractivity contribution in [2.45, 2.75) is 13.8 Å². The van der Waals surface area contributed by atoms with Gasteiger partial charge in [0.15, 0.2) is 0 Å². The SMILES string of the molecule is CCNC(=O)NC(=O)/C(C)=N/OC. The van der Waals surface area contributed by atoms with Crippen LogP contribution in [0.4, 0.5) is 4.79 Å². The molecule has 0 aromatic carbocycles. The Morgan fingerprint density at radius 1 is 1.46 bits per heavy atom. The van der Waals surface area contributed by atoms with Gasteiger partial charge in [0.25, 0.3) is 5.91 Å². The molecule has 0 aliphatic carbocycles. The third-order valence-electron chi connectivity index (χ3n) is 1.12. The largest absolute Gasteiger partial charge is 0.399 e. The zero-order valence-corrected chi connectivity index (χ0v) is 7.88. The fourth-order valence-corrected chi connectivity index (χ4v) is 0.577. The molecule has 0 saturated carbocycles. The molecule has 0 aliphatic heterocycles. The summed E-state index contributed by atoms with van der Waals surface area (Å²) < 4.78 is 0. The van der Waals surface area contributed by atoms with E-state index in [1.165, 1.54) is 14.0 Å². The van der Waals surface area contributed by atoms with Crippen LogP contribution in [0.5, 0.6) is 0 Å². The molecular weight excluding hydrogens is 174 g/mol. The highest BCUT2D eigenvalue weighted by Crippen LogP contribution is 1.79. The van der Waals surface area contributed by atoms with Gasteiger partial charge in [0.2, 0.25) is 0 Å². The van der Waals surface area contributed by atoms with Gasteiger partial charge >= 0.3 is 6.03 Å². The number of hydrogen-bond donors (Lipinski definition) is 2. The molecule has 0 unspecified atom stereocenters. The molecule has 2 N–H and O–H groups in total. The Morgan fingerprint density at radius 2 is 2.08 bits per heavy atom. The summed E-state index contributed by atoms with van der Waals surface area (Å²) in [4.78, 5) is 26.2. The van der Waals surface area contributed by atoms with Gasteiger partial charge in [0.1, 0.15) is 12.8 Å². The third-order valence-corrected chi connectivity index (χ3v) is 1.12. The zero-order chi connectivity index (χ0) is 10.3. The van der Waals surface area contributed by atoms with Crippen molar-refractivity contribution in [3.63, 3.8) is 0 Å². The molecule has 3 amide bonds. The lowest BCUT2D eigenvalue weighted by Gasteiger charge is -2.02. The van der Waals surface area contributed by atoms with E-state index < -0.39 is 11.9 Å². The van der Waals surface area contributed by atoms with Crippen LogP contribution in [-0.2, 0) is 9.63 Å². The second-order valence-corrected chi connectivity index (χ2v) is 2.17. The second kappa shape index (κ2) is 5.99. The Kier molecular flexibility index (Phi) is 5.25. The van der Waals surface area contributed by atoms with Gasteiger partial charge < -0.3 is 10.2 Å². The minimum atomic E-state index is -0.576. The molecule has 0 saturated heterocycles. The Morgan fingerprint density at radius 3 is 2.54 bits per heavy atom. The smallest absolute Gasteiger partial charge is 0.321 e. The summed E-state index contributed by atoms with van der Waals surface area (Å²) in [5.74, 6) is -0.576.